The Morgan fingerprint density at radius 1 is 1.67 bits per heavy atom. The predicted molar refractivity (Wildman–Crippen MR) is 66.3 cm³/mol. The van der Waals surface area contributed by atoms with Crippen molar-refractivity contribution in [1.29, 1.82) is 0 Å². The molecule has 5 heteroatoms. The van der Waals surface area contributed by atoms with Gasteiger partial charge in [0.15, 0.2) is 0 Å². The smallest absolute Gasteiger partial charge is 0.340 e. The van der Waals surface area contributed by atoms with Gasteiger partial charge in [-0.1, -0.05) is 24.7 Å². The molecule has 0 aliphatic heterocycles. The van der Waals surface area contributed by atoms with E-state index in [9.17, 15) is 4.79 Å². The molecule has 18 heavy (non-hydrogen) atoms. The summed E-state index contributed by atoms with van der Waals surface area (Å²) in [6, 6.07) is 1.69. The second-order valence-electron chi connectivity index (χ2n) is 3.91. The van der Waals surface area contributed by atoms with Crippen molar-refractivity contribution < 1.29 is 14.1 Å². The van der Waals surface area contributed by atoms with Crippen LogP contribution in [0.25, 0.3) is 11.1 Å². The molecule has 0 fully saturated rings. The molecule has 0 N–H and O–H groups in total. The number of carbonyl (C=O) groups is 1. The minimum atomic E-state index is -0.431. The van der Waals surface area contributed by atoms with Crippen LogP contribution in [0, 0.1) is 0 Å². The average Bonchev–Trinajstić information content (AvgIpc) is 2.80. The van der Waals surface area contributed by atoms with Crippen LogP contribution in [-0.2, 0) is 11.2 Å². The van der Waals surface area contributed by atoms with E-state index in [-0.39, 0.29) is 6.10 Å². The number of pyridine rings is 1. The molecule has 2 heterocycles. The van der Waals surface area contributed by atoms with Gasteiger partial charge in [-0.05, 0) is 19.4 Å². The molecule has 0 radical (unpaired) electrons. The van der Waals surface area contributed by atoms with Crippen molar-refractivity contribution in [3.05, 3.63) is 36.2 Å². The Kier molecular flexibility index (Phi) is 3.41. The van der Waals surface area contributed by atoms with E-state index in [0.29, 0.717) is 11.3 Å². The van der Waals surface area contributed by atoms with E-state index in [2.05, 4.69) is 16.7 Å². The Bertz CT molecular complexity index is 589. The van der Waals surface area contributed by atoms with Crippen molar-refractivity contribution in [2.75, 3.05) is 0 Å². The molecule has 1 atom stereocenters. The summed E-state index contributed by atoms with van der Waals surface area (Å²) in [7, 11) is 0. The summed E-state index contributed by atoms with van der Waals surface area (Å²) in [5, 5.41) is 4.63. The number of ether oxygens (including phenoxy) is 1. The van der Waals surface area contributed by atoms with Crippen LogP contribution in [0.4, 0.5) is 0 Å². The maximum Gasteiger partial charge on any atom is 0.340 e. The minimum Gasteiger partial charge on any atom is -0.455 e. The lowest BCUT2D eigenvalue weighted by Gasteiger charge is -2.08. The highest BCUT2D eigenvalue weighted by molar-refractivity contribution is 5.93. The van der Waals surface area contributed by atoms with Gasteiger partial charge in [-0.2, -0.15) is 0 Å². The Labute approximate surface area is 104 Å². The number of esters is 1. The fourth-order valence-corrected chi connectivity index (χ4v) is 1.53. The van der Waals surface area contributed by atoms with E-state index in [0.717, 1.165) is 17.5 Å². The normalized spacial score (nSPS) is 12.3. The molecule has 2 aromatic rings. The zero-order chi connectivity index (χ0) is 13.1. The van der Waals surface area contributed by atoms with Gasteiger partial charge in [-0.15, -0.1) is 0 Å². The number of nitrogens with zero attached hydrogens (tertiary/aromatic N) is 2. The Morgan fingerprint density at radius 3 is 3.11 bits per heavy atom. The van der Waals surface area contributed by atoms with Gasteiger partial charge in [-0.3, -0.25) is 0 Å². The molecular weight excluding hydrogens is 232 g/mol. The van der Waals surface area contributed by atoms with Crippen LogP contribution in [0.5, 0.6) is 0 Å². The van der Waals surface area contributed by atoms with Gasteiger partial charge in [0.2, 0.25) is 0 Å². The monoisotopic (exact) mass is 246 g/mol. The summed E-state index contributed by atoms with van der Waals surface area (Å²) in [5.41, 5.74) is 1.60. The zero-order valence-electron chi connectivity index (χ0n) is 10.3. The summed E-state index contributed by atoms with van der Waals surface area (Å²) in [4.78, 5) is 15.9. The number of aryl methyl sites for hydroxylation is 1. The van der Waals surface area contributed by atoms with Crippen LogP contribution < -0.4 is 0 Å². The van der Waals surface area contributed by atoms with Crippen molar-refractivity contribution in [3.8, 4) is 0 Å². The van der Waals surface area contributed by atoms with Crippen LogP contribution >= 0.6 is 0 Å². The maximum absolute atomic E-state index is 11.8. The van der Waals surface area contributed by atoms with Crippen LogP contribution in [0.3, 0.4) is 0 Å². The third-order valence-corrected chi connectivity index (χ3v) is 2.60. The molecule has 0 saturated heterocycles. The Balaban J connectivity index is 2.33. The van der Waals surface area contributed by atoms with Crippen LogP contribution in [0.15, 0.2) is 29.4 Å². The molecule has 0 aromatic carbocycles. The van der Waals surface area contributed by atoms with Gasteiger partial charge >= 0.3 is 5.97 Å². The Hall–Kier alpha value is -2.17. The second-order valence-corrected chi connectivity index (χ2v) is 3.91. The number of hydrogen-bond acceptors (Lipinski definition) is 5. The molecule has 94 valence electrons. The van der Waals surface area contributed by atoms with Crippen molar-refractivity contribution in [2.24, 2.45) is 0 Å². The minimum absolute atomic E-state index is 0.332. The number of rotatable bonds is 4. The second kappa shape index (κ2) is 5.00. The predicted octanol–water partition coefficient (Wildman–Crippen LogP) is 2.52. The van der Waals surface area contributed by atoms with E-state index in [1.165, 1.54) is 6.20 Å². The lowest BCUT2D eigenvalue weighted by atomic mass is 10.2. The molecule has 0 aliphatic rings. The first-order valence-corrected chi connectivity index (χ1v) is 5.73. The molecule has 0 bridgehead atoms. The molecule has 2 rings (SSSR count). The maximum atomic E-state index is 11.8. The van der Waals surface area contributed by atoms with Gasteiger partial charge in [-0.25, -0.2) is 9.78 Å². The van der Waals surface area contributed by atoms with Crippen molar-refractivity contribution >= 4 is 17.1 Å². The summed E-state index contributed by atoms with van der Waals surface area (Å²) < 4.78 is 10.2. The van der Waals surface area contributed by atoms with Gasteiger partial charge in [0.05, 0.1) is 16.6 Å². The summed E-state index contributed by atoms with van der Waals surface area (Å²) in [5.74, 6) is -0.431. The average molecular weight is 246 g/mol. The number of aromatic nitrogens is 2. The molecule has 2 aromatic heterocycles. The highest BCUT2D eigenvalue weighted by atomic mass is 16.5. The highest BCUT2D eigenvalue weighted by Crippen LogP contribution is 2.18. The third kappa shape index (κ3) is 2.25. The fourth-order valence-electron chi connectivity index (χ4n) is 1.53. The van der Waals surface area contributed by atoms with E-state index in [1.54, 1.807) is 19.1 Å². The lowest BCUT2D eigenvalue weighted by Crippen LogP contribution is -2.12. The highest BCUT2D eigenvalue weighted by Gasteiger charge is 2.14. The number of hydrogen-bond donors (Lipinski definition) is 0. The van der Waals surface area contributed by atoms with Gasteiger partial charge in [0.1, 0.15) is 6.10 Å². The Morgan fingerprint density at radius 2 is 2.44 bits per heavy atom. The molecular formula is C13H14N2O3. The van der Waals surface area contributed by atoms with Gasteiger partial charge < -0.3 is 9.26 Å². The topological polar surface area (TPSA) is 65.2 Å². The van der Waals surface area contributed by atoms with E-state index in [1.807, 2.05) is 6.92 Å². The summed E-state index contributed by atoms with van der Waals surface area (Å²) in [6.07, 6.45) is 3.36. The molecule has 0 amide bonds. The first kappa shape index (κ1) is 12.3. The molecule has 0 saturated carbocycles. The fraction of sp³-hybridized carbons (Fsp3) is 0.308. The largest absolute Gasteiger partial charge is 0.455 e. The molecule has 5 nitrogen and oxygen atoms in total. The molecule has 0 aliphatic carbocycles. The summed E-state index contributed by atoms with van der Waals surface area (Å²) in [6.45, 7) is 7.26. The lowest BCUT2D eigenvalue weighted by molar-refractivity contribution is 0.0425. The van der Waals surface area contributed by atoms with Crippen molar-refractivity contribution in [1.82, 2.24) is 10.1 Å². The van der Waals surface area contributed by atoms with Gasteiger partial charge in [0.25, 0.3) is 5.71 Å². The van der Waals surface area contributed by atoms with E-state index < -0.39 is 5.97 Å². The third-order valence-electron chi connectivity index (χ3n) is 2.60. The molecule has 0 unspecified atom stereocenters. The van der Waals surface area contributed by atoms with Crippen molar-refractivity contribution in [3.63, 3.8) is 0 Å². The van der Waals surface area contributed by atoms with E-state index in [4.69, 9.17) is 9.26 Å². The van der Waals surface area contributed by atoms with Crippen LogP contribution in [0.1, 0.15) is 29.9 Å². The SMILES string of the molecule is C=C[C@H](C)OC(=O)c1cnc2onc(CC)c2c1. The first-order valence-electron chi connectivity index (χ1n) is 5.73. The van der Waals surface area contributed by atoms with Gasteiger partial charge in [0, 0.05) is 6.20 Å². The van der Waals surface area contributed by atoms with Crippen LogP contribution in [-0.4, -0.2) is 22.2 Å². The number of carbonyl (C=O) groups excluding carboxylic acids is 1. The molecule has 0 spiro atoms. The quantitative estimate of drug-likeness (QED) is 0.612. The summed E-state index contributed by atoms with van der Waals surface area (Å²) >= 11 is 0. The van der Waals surface area contributed by atoms with Crippen LogP contribution in [0.2, 0.25) is 0 Å². The standard InChI is InChI=1S/C13H14N2O3/c1-4-8(3)17-13(16)9-6-10-11(5-2)15-18-12(10)14-7-9/h4,6-8H,1,5H2,2-3H3/t8-/m0/s1. The zero-order valence-corrected chi connectivity index (χ0v) is 10.3. The van der Waals surface area contributed by atoms with E-state index >= 15 is 0 Å². The van der Waals surface area contributed by atoms with Crippen molar-refractivity contribution in [2.45, 2.75) is 26.4 Å². The first-order chi connectivity index (χ1) is 8.65. The number of fused-ring (bicyclic) bond motifs is 1.